The Morgan fingerprint density at radius 2 is 1.84 bits per heavy atom. The lowest BCUT2D eigenvalue weighted by Crippen LogP contribution is -2.53. The van der Waals surface area contributed by atoms with Crippen LogP contribution >= 0.6 is 0 Å². The summed E-state index contributed by atoms with van der Waals surface area (Å²) in [6.07, 6.45) is 6.22. The molecule has 0 bridgehead atoms. The maximum absolute atomic E-state index is 13.2. The summed E-state index contributed by atoms with van der Waals surface area (Å²) in [5.74, 6) is 0. The third-order valence-electron chi connectivity index (χ3n) is 6.03. The van der Waals surface area contributed by atoms with Crippen molar-refractivity contribution in [3.63, 3.8) is 0 Å². The molecule has 2 amide bonds. The van der Waals surface area contributed by atoms with Gasteiger partial charge in [0.05, 0.1) is 23.4 Å². The van der Waals surface area contributed by atoms with Crippen LogP contribution in [0.2, 0.25) is 0 Å². The van der Waals surface area contributed by atoms with E-state index in [-0.39, 0.29) is 17.1 Å². The van der Waals surface area contributed by atoms with Gasteiger partial charge in [-0.15, -0.1) is 0 Å². The maximum atomic E-state index is 13.2. The minimum Gasteiger partial charge on any atom is -0.323 e. The molecule has 5 heterocycles. The number of carbonyl (C=O) groups excluding carboxylic acids is 1. The Morgan fingerprint density at radius 3 is 2.53 bits per heavy atom. The van der Waals surface area contributed by atoms with Gasteiger partial charge in [0.15, 0.2) is 14.9 Å². The molecule has 0 saturated carbocycles. The largest absolute Gasteiger partial charge is 0.324 e. The number of piperidine rings is 1. The third-order valence-corrected chi connectivity index (χ3v) is 7.03. The van der Waals surface area contributed by atoms with Crippen molar-refractivity contribution in [3.05, 3.63) is 42.2 Å². The zero-order valence-corrected chi connectivity index (χ0v) is 18.8. The van der Waals surface area contributed by atoms with Crippen LogP contribution in [0.1, 0.15) is 18.4 Å². The lowest BCUT2D eigenvalue weighted by molar-refractivity contribution is 0.205. The molecule has 0 aliphatic carbocycles. The van der Waals surface area contributed by atoms with E-state index in [1.807, 2.05) is 30.3 Å². The van der Waals surface area contributed by atoms with E-state index in [1.54, 1.807) is 11.0 Å². The number of anilines is 1. The van der Waals surface area contributed by atoms with Crippen molar-refractivity contribution in [1.82, 2.24) is 25.2 Å². The van der Waals surface area contributed by atoms with E-state index in [2.05, 4.69) is 15.3 Å². The molecule has 1 N–H and O–H groups in total. The summed E-state index contributed by atoms with van der Waals surface area (Å²) in [4.78, 5) is 30.4. The van der Waals surface area contributed by atoms with Gasteiger partial charge in [-0.05, 0) is 50.2 Å². The summed E-state index contributed by atoms with van der Waals surface area (Å²) in [5.41, 5.74) is 4.53. The van der Waals surface area contributed by atoms with Gasteiger partial charge in [-0.1, -0.05) is 0 Å². The molecule has 0 radical (unpaired) electrons. The SMILES string of the molecule is CN1Cc2cnc3ccc(-c4ccc(S(C)(=O)=O)nc4)nc3c2N(C2CCNCC2)C1=O. The van der Waals surface area contributed by atoms with Gasteiger partial charge in [-0.3, -0.25) is 9.88 Å². The van der Waals surface area contributed by atoms with Crippen molar-refractivity contribution in [3.8, 4) is 11.3 Å². The van der Waals surface area contributed by atoms with Crippen LogP contribution in [0.3, 0.4) is 0 Å². The average Bonchev–Trinajstić information content (AvgIpc) is 2.79. The van der Waals surface area contributed by atoms with Gasteiger partial charge in [0.2, 0.25) is 0 Å². The number of nitrogens with one attached hydrogen (secondary N) is 1. The first kappa shape index (κ1) is 20.8. The van der Waals surface area contributed by atoms with E-state index in [0.717, 1.165) is 43.4 Å². The molecular weight excluding hydrogens is 428 g/mol. The number of carbonyl (C=O) groups is 1. The van der Waals surface area contributed by atoms with Crippen molar-refractivity contribution in [2.75, 3.05) is 31.3 Å². The summed E-state index contributed by atoms with van der Waals surface area (Å²) in [7, 11) is -1.57. The monoisotopic (exact) mass is 452 g/mol. The molecule has 1 fully saturated rings. The number of nitrogens with zero attached hydrogens (tertiary/aromatic N) is 5. The predicted molar refractivity (Wildman–Crippen MR) is 121 cm³/mol. The van der Waals surface area contributed by atoms with Crippen LogP contribution in [-0.2, 0) is 16.4 Å². The van der Waals surface area contributed by atoms with Crippen molar-refractivity contribution >= 4 is 32.6 Å². The molecule has 0 aromatic carbocycles. The summed E-state index contributed by atoms with van der Waals surface area (Å²) < 4.78 is 23.5. The van der Waals surface area contributed by atoms with Gasteiger partial charge < -0.3 is 10.2 Å². The molecule has 5 rings (SSSR count). The molecule has 3 aromatic heterocycles. The van der Waals surface area contributed by atoms with Crippen LogP contribution in [0, 0.1) is 0 Å². The second-order valence-corrected chi connectivity index (χ2v) is 10.3. The van der Waals surface area contributed by atoms with Crippen LogP contribution in [0.15, 0.2) is 41.7 Å². The van der Waals surface area contributed by atoms with Crippen LogP contribution < -0.4 is 10.2 Å². The van der Waals surface area contributed by atoms with Crippen molar-refractivity contribution in [2.45, 2.75) is 30.5 Å². The summed E-state index contributed by atoms with van der Waals surface area (Å²) in [6.45, 7) is 2.22. The molecule has 0 spiro atoms. The first-order valence-electron chi connectivity index (χ1n) is 10.5. The highest BCUT2D eigenvalue weighted by Crippen LogP contribution is 2.37. The fourth-order valence-corrected chi connectivity index (χ4v) is 4.95. The fourth-order valence-electron chi connectivity index (χ4n) is 4.39. The number of pyridine rings is 3. The van der Waals surface area contributed by atoms with E-state index >= 15 is 0 Å². The Morgan fingerprint density at radius 1 is 1.06 bits per heavy atom. The summed E-state index contributed by atoms with van der Waals surface area (Å²) in [6, 6.07) is 6.97. The van der Waals surface area contributed by atoms with Crippen LogP contribution in [-0.4, -0.2) is 66.7 Å². The number of hydrogen-bond donors (Lipinski definition) is 1. The maximum Gasteiger partial charge on any atom is 0.324 e. The first-order chi connectivity index (χ1) is 15.3. The van der Waals surface area contributed by atoms with Crippen molar-refractivity contribution in [2.24, 2.45) is 0 Å². The van der Waals surface area contributed by atoms with Crippen LogP contribution in [0.25, 0.3) is 22.3 Å². The summed E-state index contributed by atoms with van der Waals surface area (Å²) in [5, 5.41) is 3.38. The molecule has 9 nitrogen and oxygen atoms in total. The van der Waals surface area contributed by atoms with Gasteiger partial charge in [-0.25, -0.2) is 23.2 Å². The van der Waals surface area contributed by atoms with E-state index in [0.29, 0.717) is 28.8 Å². The molecule has 32 heavy (non-hydrogen) atoms. The Kier molecular flexibility index (Phi) is 5.06. The molecule has 0 atom stereocenters. The van der Waals surface area contributed by atoms with Gasteiger partial charge >= 0.3 is 6.03 Å². The molecule has 2 aliphatic rings. The molecule has 166 valence electrons. The summed E-state index contributed by atoms with van der Waals surface area (Å²) >= 11 is 0. The fraction of sp³-hybridized carbons (Fsp3) is 0.364. The van der Waals surface area contributed by atoms with Crippen LogP contribution in [0.4, 0.5) is 10.5 Å². The molecule has 1 saturated heterocycles. The van der Waals surface area contributed by atoms with Crippen molar-refractivity contribution in [1.29, 1.82) is 0 Å². The molecule has 0 unspecified atom stereocenters. The number of fused-ring (bicyclic) bond motifs is 3. The standard InChI is InChI=1S/C22H24N6O3S/c1-27-13-15-12-24-18-5-4-17(14-3-6-19(25-11-14)32(2,30)31)26-20(18)21(15)28(22(27)29)16-7-9-23-10-8-16/h3-6,11-12,16,23H,7-10,13H2,1-2H3. The average molecular weight is 453 g/mol. The molecule has 3 aromatic rings. The first-order valence-corrected chi connectivity index (χ1v) is 12.4. The van der Waals surface area contributed by atoms with Gasteiger partial charge in [-0.2, -0.15) is 0 Å². The molecule has 10 heteroatoms. The predicted octanol–water partition coefficient (Wildman–Crippen LogP) is 2.22. The van der Waals surface area contributed by atoms with Gasteiger partial charge in [0.1, 0.15) is 5.52 Å². The highest BCUT2D eigenvalue weighted by Gasteiger charge is 2.36. The van der Waals surface area contributed by atoms with E-state index in [4.69, 9.17) is 4.98 Å². The number of amides is 2. The van der Waals surface area contributed by atoms with E-state index in [1.165, 1.54) is 12.3 Å². The highest BCUT2D eigenvalue weighted by molar-refractivity contribution is 7.90. The number of sulfone groups is 1. The third kappa shape index (κ3) is 3.59. The number of aromatic nitrogens is 3. The van der Waals surface area contributed by atoms with Gasteiger partial charge in [0.25, 0.3) is 0 Å². The minimum atomic E-state index is -3.38. The normalized spacial score (nSPS) is 17.6. The van der Waals surface area contributed by atoms with Crippen LogP contribution in [0.5, 0.6) is 0 Å². The number of rotatable bonds is 3. The molecular formula is C22H24N6O3S. The minimum absolute atomic E-state index is 0.0202. The van der Waals surface area contributed by atoms with Crippen molar-refractivity contribution < 1.29 is 13.2 Å². The Hall–Kier alpha value is -3.11. The lowest BCUT2D eigenvalue weighted by Gasteiger charge is -2.41. The van der Waals surface area contributed by atoms with E-state index < -0.39 is 9.84 Å². The Labute approximate surface area is 186 Å². The lowest BCUT2D eigenvalue weighted by atomic mass is 10.0. The zero-order chi connectivity index (χ0) is 22.5. The number of urea groups is 1. The van der Waals surface area contributed by atoms with Gasteiger partial charge in [0, 0.05) is 42.9 Å². The topological polar surface area (TPSA) is 108 Å². The smallest absolute Gasteiger partial charge is 0.323 e. The Bertz CT molecular complexity index is 1300. The second kappa shape index (κ2) is 7.79. The molecule has 2 aliphatic heterocycles. The number of hydrogen-bond acceptors (Lipinski definition) is 7. The second-order valence-electron chi connectivity index (χ2n) is 8.34. The quantitative estimate of drug-likeness (QED) is 0.649. The van der Waals surface area contributed by atoms with E-state index in [9.17, 15) is 13.2 Å². The highest BCUT2D eigenvalue weighted by atomic mass is 32.2. The zero-order valence-electron chi connectivity index (χ0n) is 17.9. The Balaban J connectivity index is 1.65.